The van der Waals surface area contributed by atoms with Crippen LogP contribution >= 0.6 is 0 Å². The first kappa shape index (κ1) is 9.43. The van der Waals surface area contributed by atoms with Crippen LogP contribution in [0.25, 0.3) is 0 Å². The van der Waals surface area contributed by atoms with Gasteiger partial charge in [0, 0.05) is 0 Å². The van der Waals surface area contributed by atoms with Gasteiger partial charge in [0.05, 0.1) is 6.54 Å². The molecular weight excluding hydrogens is 130 g/mol. The Morgan fingerprint density at radius 3 is 2.40 bits per heavy atom. The van der Waals surface area contributed by atoms with Crippen LogP contribution < -0.4 is 0 Å². The highest BCUT2D eigenvalue weighted by Gasteiger charge is 2.04. The lowest BCUT2D eigenvalue weighted by molar-refractivity contribution is -0.138. The average molecular weight is 145 g/mol. The van der Waals surface area contributed by atoms with Crippen molar-refractivity contribution in [1.29, 1.82) is 0 Å². The first-order chi connectivity index (χ1) is 4.70. The molecule has 0 rings (SSSR count). The van der Waals surface area contributed by atoms with Gasteiger partial charge in [-0.1, -0.05) is 13.8 Å². The van der Waals surface area contributed by atoms with E-state index in [2.05, 4.69) is 0 Å². The predicted molar refractivity (Wildman–Crippen MR) is 40.0 cm³/mol. The summed E-state index contributed by atoms with van der Waals surface area (Å²) in [7, 11) is 0. The highest BCUT2D eigenvalue weighted by Crippen LogP contribution is 1.89. The molecule has 0 bridgehead atoms. The lowest BCUT2D eigenvalue weighted by Gasteiger charge is -2.15. The van der Waals surface area contributed by atoms with Crippen LogP contribution in [0.3, 0.4) is 0 Å². The second-order valence-corrected chi connectivity index (χ2v) is 2.26. The molecule has 0 atom stereocenters. The molecule has 0 spiro atoms. The van der Waals surface area contributed by atoms with Crippen molar-refractivity contribution in [2.75, 3.05) is 19.6 Å². The first-order valence-electron chi connectivity index (χ1n) is 3.64. The van der Waals surface area contributed by atoms with Gasteiger partial charge >= 0.3 is 5.97 Å². The van der Waals surface area contributed by atoms with Gasteiger partial charge in [-0.25, -0.2) is 0 Å². The SMILES string of the molecule is CCCN(CC)CC(=O)O. The summed E-state index contributed by atoms with van der Waals surface area (Å²) in [4.78, 5) is 12.1. The van der Waals surface area contributed by atoms with E-state index in [9.17, 15) is 4.79 Å². The van der Waals surface area contributed by atoms with Gasteiger partial charge in [0.1, 0.15) is 0 Å². The van der Waals surface area contributed by atoms with Gasteiger partial charge in [-0.3, -0.25) is 9.69 Å². The molecule has 0 unspecified atom stereocenters. The third kappa shape index (κ3) is 4.32. The summed E-state index contributed by atoms with van der Waals surface area (Å²) in [5, 5.41) is 8.40. The quantitative estimate of drug-likeness (QED) is 0.622. The number of hydrogen-bond acceptors (Lipinski definition) is 2. The third-order valence-corrected chi connectivity index (χ3v) is 1.35. The zero-order valence-corrected chi connectivity index (χ0v) is 6.63. The fourth-order valence-electron chi connectivity index (χ4n) is 0.856. The Morgan fingerprint density at radius 1 is 1.50 bits per heavy atom. The standard InChI is InChI=1S/C7H15NO2/c1-3-5-8(4-2)6-7(9)10/h3-6H2,1-2H3,(H,9,10). The zero-order chi connectivity index (χ0) is 7.98. The molecule has 0 heterocycles. The minimum Gasteiger partial charge on any atom is -0.480 e. The summed E-state index contributed by atoms with van der Waals surface area (Å²) in [6.07, 6.45) is 1.02. The van der Waals surface area contributed by atoms with Crippen LogP contribution in [0.2, 0.25) is 0 Å². The van der Waals surface area contributed by atoms with Crippen LogP contribution in [0.1, 0.15) is 20.3 Å². The molecule has 0 saturated carbocycles. The van der Waals surface area contributed by atoms with Crippen LogP contribution in [0, 0.1) is 0 Å². The summed E-state index contributed by atoms with van der Waals surface area (Å²) in [6, 6.07) is 0. The molecule has 0 saturated heterocycles. The molecule has 0 fully saturated rings. The molecular formula is C7H15NO2. The van der Waals surface area contributed by atoms with Crippen molar-refractivity contribution >= 4 is 5.97 Å². The monoisotopic (exact) mass is 145 g/mol. The maximum Gasteiger partial charge on any atom is 0.317 e. The van der Waals surface area contributed by atoms with E-state index < -0.39 is 5.97 Å². The van der Waals surface area contributed by atoms with Gasteiger partial charge in [-0.2, -0.15) is 0 Å². The zero-order valence-electron chi connectivity index (χ0n) is 6.63. The van der Waals surface area contributed by atoms with Crippen LogP contribution in [0.5, 0.6) is 0 Å². The van der Waals surface area contributed by atoms with Gasteiger partial charge in [-0.05, 0) is 19.5 Å². The van der Waals surface area contributed by atoms with Crippen molar-refractivity contribution in [2.45, 2.75) is 20.3 Å². The van der Waals surface area contributed by atoms with Crippen molar-refractivity contribution in [3.05, 3.63) is 0 Å². The maximum absolute atomic E-state index is 10.2. The molecule has 0 aromatic carbocycles. The summed E-state index contributed by atoms with van der Waals surface area (Å²) < 4.78 is 0. The smallest absolute Gasteiger partial charge is 0.317 e. The van der Waals surface area contributed by atoms with E-state index in [1.54, 1.807) is 0 Å². The minimum atomic E-state index is -0.740. The lowest BCUT2D eigenvalue weighted by atomic mass is 10.4. The van der Waals surface area contributed by atoms with E-state index in [1.807, 2.05) is 18.7 Å². The van der Waals surface area contributed by atoms with Crippen molar-refractivity contribution in [2.24, 2.45) is 0 Å². The van der Waals surface area contributed by atoms with Crippen LogP contribution in [0.4, 0.5) is 0 Å². The fourth-order valence-corrected chi connectivity index (χ4v) is 0.856. The topological polar surface area (TPSA) is 40.5 Å². The first-order valence-corrected chi connectivity index (χ1v) is 3.64. The average Bonchev–Trinajstić information content (AvgIpc) is 1.86. The highest BCUT2D eigenvalue weighted by atomic mass is 16.4. The number of nitrogens with zero attached hydrogens (tertiary/aromatic N) is 1. The lowest BCUT2D eigenvalue weighted by Crippen LogP contribution is -2.30. The molecule has 1 N–H and O–H groups in total. The normalized spacial score (nSPS) is 10.3. The van der Waals surface area contributed by atoms with Crippen LogP contribution in [-0.4, -0.2) is 35.6 Å². The molecule has 3 nitrogen and oxygen atoms in total. The predicted octanol–water partition coefficient (Wildman–Crippen LogP) is 0.803. The van der Waals surface area contributed by atoms with E-state index in [-0.39, 0.29) is 6.54 Å². The van der Waals surface area contributed by atoms with Gasteiger partial charge in [0.25, 0.3) is 0 Å². The van der Waals surface area contributed by atoms with Crippen molar-refractivity contribution in [3.63, 3.8) is 0 Å². The molecule has 0 aromatic rings. The second kappa shape index (κ2) is 5.23. The summed E-state index contributed by atoms with van der Waals surface area (Å²) >= 11 is 0. The minimum absolute atomic E-state index is 0.171. The maximum atomic E-state index is 10.2. The van der Waals surface area contributed by atoms with E-state index in [0.29, 0.717) is 0 Å². The second-order valence-electron chi connectivity index (χ2n) is 2.26. The number of carboxylic acid groups (broad SMARTS) is 1. The Bertz CT molecular complexity index is 104. The Labute approximate surface area is 61.6 Å². The number of aliphatic carboxylic acids is 1. The third-order valence-electron chi connectivity index (χ3n) is 1.35. The summed E-state index contributed by atoms with van der Waals surface area (Å²) in [5.74, 6) is -0.740. The molecule has 0 aliphatic carbocycles. The number of rotatable bonds is 5. The van der Waals surface area contributed by atoms with E-state index >= 15 is 0 Å². The molecule has 0 radical (unpaired) electrons. The van der Waals surface area contributed by atoms with Gasteiger partial charge in [0.2, 0.25) is 0 Å². The molecule has 3 heteroatoms. The summed E-state index contributed by atoms with van der Waals surface area (Å²) in [6.45, 7) is 5.89. The number of carboxylic acids is 1. The molecule has 0 aliphatic rings. The van der Waals surface area contributed by atoms with Gasteiger partial charge in [0.15, 0.2) is 0 Å². The number of likely N-dealkylation sites (N-methyl/N-ethyl adjacent to an activating group) is 1. The van der Waals surface area contributed by atoms with Crippen molar-refractivity contribution in [3.8, 4) is 0 Å². The van der Waals surface area contributed by atoms with E-state index in [0.717, 1.165) is 19.5 Å². The molecule has 0 aliphatic heterocycles. The van der Waals surface area contributed by atoms with Crippen molar-refractivity contribution < 1.29 is 9.90 Å². The fraction of sp³-hybridized carbons (Fsp3) is 0.857. The summed E-state index contributed by atoms with van der Waals surface area (Å²) in [5.41, 5.74) is 0. The highest BCUT2D eigenvalue weighted by molar-refractivity contribution is 5.69. The molecule has 0 amide bonds. The van der Waals surface area contributed by atoms with Gasteiger partial charge in [-0.15, -0.1) is 0 Å². The number of carbonyl (C=O) groups is 1. The Balaban J connectivity index is 3.49. The molecule has 10 heavy (non-hydrogen) atoms. The Kier molecular flexibility index (Phi) is 4.94. The largest absolute Gasteiger partial charge is 0.480 e. The van der Waals surface area contributed by atoms with E-state index in [4.69, 9.17) is 5.11 Å². The van der Waals surface area contributed by atoms with Crippen LogP contribution in [0.15, 0.2) is 0 Å². The van der Waals surface area contributed by atoms with Crippen LogP contribution in [-0.2, 0) is 4.79 Å². The van der Waals surface area contributed by atoms with Crippen molar-refractivity contribution in [1.82, 2.24) is 4.90 Å². The Hall–Kier alpha value is -0.570. The molecule has 0 aromatic heterocycles. The van der Waals surface area contributed by atoms with E-state index in [1.165, 1.54) is 0 Å². The molecule has 60 valence electrons. The Morgan fingerprint density at radius 2 is 2.10 bits per heavy atom. The number of hydrogen-bond donors (Lipinski definition) is 1. The van der Waals surface area contributed by atoms with Gasteiger partial charge < -0.3 is 5.11 Å².